The molecule has 0 spiro atoms. The molecule has 1 aromatic carbocycles. The zero-order valence-electron chi connectivity index (χ0n) is 11.6. The SMILES string of the molecule is CCc1csc(N(CCCN)c2ccc(C)cc2)n1. The van der Waals surface area contributed by atoms with E-state index in [-0.39, 0.29) is 0 Å². The summed E-state index contributed by atoms with van der Waals surface area (Å²) in [6.45, 7) is 5.85. The van der Waals surface area contributed by atoms with Crippen molar-refractivity contribution in [3.05, 3.63) is 40.9 Å². The molecule has 1 aromatic heterocycles. The molecule has 0 saturated carbocycles. The highest BCUT2D eigenvalue weighted by Crippen LogP contribution is 2.29. The first kappa shape index (κ1) is 14.0. The maximum absolute atomic E-state index is 5.64. The lowest BCUT2D eigenvalue weighted by atomic mass is 10.2. The number of nitrogens with zero attached hydrogens (tertiary/aromatic N) is 2. The van der Waals surface area contributed by atoms with Gasteiger partial charge in [0.15, 0.2) is 5.13 Å². The van der Waals surface area contributed by atoms with E-state index in [1.807, 2.05) is 0 Å². The van der Waals surface area contributed by atoms with Crippen molar-refractivity contribution in [1.29, 1.82) is 0 Å². The summed E-state index contributed by atoms with van der Waals surface area (Å²) in [6.07, 6.45) is 1.95. The Morgan fingerprint density at radius 1 is 1.26 bits per heavy atom. The highest BCUT2D eigenvalue weighted by molar-refractivity contribution is 7.13. The second-order valence-electron chi connectivity index (χ2n) is 4.60. The predicted octanol–water partition coefficient (Wildman–Crippen LogP) is 3.50. The van der Waals surface area contributed by atoms with Gasteiger partial charge in [0.1, 0.15) is 0 Å². The van der Waals surface area contributed by atoms with E-state index in [0.29, 0.717) is 6.54 Å². The van der Waals surface area contributed by atoms with Gasteiger partial charge in [0, 0.05) is 17.6 Å². The minimum Gasteiger partial charge on any atom is -0.330 e. The lowest BCUT2D eigenvalue weighted by Gasteiger charge is -2.22. The zero-order chi connectivity index (χ0) is 13.7. The second kappa shape index (κ2) is 6.68. The molecule has 0 aliphatic heterocycles. The molecule has 102 valence electrons. The summed E-state index contributed by atoms with van der Waals surface area (Å²) in [5.41, 5.74) is 9.27. The van der Waals surface area contributed by atoms with Crippen molar-refractivity contribution in [2.45, 2.75) is 26.7 Å². The third-order valence-corrected chi connectivity index (χ3v) is 3.98. The monoisotopic (exact) mass is 275 g/mol. The first-order valence-corrected chi connectivity index (χ1v) is 7.61. The van der Waals surface area contributed by atoms with Gasteiger partial charge in [0.05, 0.1) is 5.69 Å². The van der Waals surface area contributed by atoms with Crippen LogP contribution in [-0.2, 0) is 6.42 Å². The lowest BCUT2D eigenvalue weighted by molar-refractivity contribution is 0.813. The van der Waals surface area contributed by atoms with Gasteiger partial charge in [-0.05, 0) is 38.4 Å². The van der Waals surface area contributed by atoms with Crippen molar-refractivity contribution in [2.24, 2.45) is 5.73 Å². The molecule has 0 aliphatic carbocycles. The molecule has 2 rings (SSSR count). The highest BCUT2D eigenvalue weighted by atomic mass is 32.1. The van der Waals surface area contributed by atoms with E-state index >= 15 is 0 Å². The van der Waals surface area contributed by atoms with E-state index in [1.165, 1.54) is 11.3 Å². The number of hydrogen-bond donors (Lipinski definition) is 1. The van der Waals surface area contributed by atoms with Crippen LogP contribution in [0.3, 0.4) is 0 Å². The molecule has 2 aromatic rings. The van der Waals surface area contributed by atoms with E-state index in [1.54, 1.807) is 11.3 Å². The number of rotatable bonds is 6. The van der Waals surface area contributed by atoms with Crippen LogP contribution in [0, 0.1) is 6.92 Å². The van der Waals surface area contributed by atoms with Gasteiger partial charge in [-0.2, -0.15) is 0 Å². The minimum atomic E-state index is 0.703. The number of aromatic nitrogens is 1. The number of hydrogen-bond acceptors (Lipinski definition) is 4. The van der Waals surface area contributed by atoms with Gasteiger partial charge in [0.2, 0.25) is 0 Å². The van der Waals surface area contributed by atoms with Crippen molar-refractivity contribution in [3.63, 3.8) is 0 Å². The first-order chi connectivity index (χ1) is 9.24. The number of nitrogens with two attached hydrogens (primary N) is 1. The van der Waals surface area contributed by atoms with E-state index < -0.39 is 0 Å². The molecule has 0 saturated heterocycles. The van der Waals surface area contributed by atoms with E-state index in [9.17, 15) is 0 Å². The Balaban J connectivity index is 2.26. The molecule has 2 N–H and O–H groups in total. The van der Waals surface area contributed by atoms with Crippen LogP contribution in [0.4, 0.5) is 10.8 Å². The summed E-state index contributed by atoms with van der Waals surface area (Å²) in [4.78, 5) is 6.94. The molecular weight excluding hydrogens is 254 g/mol. The van der Waals surface area contributed by atoms with Crippen LogP contribution in [0.25, 0.3) is 0 Å². The Labute approximate surface area is 119 Å². The van der Waals surface area contributed by atoms with Crippen molar-refractivity contribution >= 4 is 22.2 Å². The summed E-state index contributed by atoms with van der Waals surface area (Å²) >= 11 is 1.71. The molecule has 4 heteroatoms. The Bertz CT molecular complexity index is 504. The summed E-state index contributed by atoms with van der Waals surface area (Å²) in [5, 5.41) is 3.20. The molecular formula is C15H21N3S. The van der Waals surface area contributed by atoms with Crippen molar-refractivity contribution in [3.8, 4) is 0 Å². The smallest absolute Gasteiger partial charge is 0.190 e. The molecule has 0 fully saturated rings. The second-order valence-corrected chi connectivity index (χ2v) is 5.44. The van der Waals surface area contributed by atoms with Gasteiger partial charge in [-0.3, -0.25) is 0 Å². The molecule has 0 bridgehead atoms. The molecule has 0 atom stereocenters. The van der Waals surface area contributed by atoms with Gasteiger partial charge >= 0.3 is 0 Å². The predicted molar refractivity (Wildman–Crippen MR) is 83.3 cm³/mol. The van der Waals surface area contributed by atoms with Crippen LogP contribution in [-0.4, -0.2) is 18.1 Å². The summed E-state index contributed by atoms with van der Waals surface area (Å²) in [6, 6.07) is 8.58. The van der Waals surface area contributed by atoms with Gasteiger partial charge in [-0.1, -0.05) is 24.6 Å². The fourth-order valence-corrected chi connectivity index (χ4v) is 2.85. The Hall–Kier alpha value is -1.39. The van der Waals surface area contributed by atoms with Crippen LogP contribution in [0.1, 0.15) is 24.6 Å². The lowest BCUT2D eigenvalue weighted by Crippen LogP contribution is -2.20. The molecule has 1 heterocycles. The van der Waals surface area contributed by atoms with Gasteiger partial charge < -0.3 is 10.6 Å². The van der Waals surface area contributed by atoms with Crippen LogP contribution < -0.4 is 10.6 Å². The number of thiazole rings is 1. The molecule has 3 nitrogen and oxygen atoms in total. The quantitative estimate of drug-likeness (QED) is 0.877. The van der Waals surface area contributed by atoms with Crippen molar-refractivity contribution in [1.82, 2.24) is 4.98 Å². The van der Waals surface area contributed by atoms with Crippen LogP contribution in [0.2, 0.25) is 0 Å². The molecule has 0 amide bonds. The fraction of sp³-hybridized carbons (Fsp3) is 0.400. The van der Waals surface area contributed by atoms with Crippen LogP contribution in [0.5, 0.6) is 0 Å². The zero-order valence-corrected chi connectivity index (χ0v) is 12.4. The fourth-order valence-electron chi connectivity index (χ4n) is 1.89. The maximum atomic E-state index is 5.64. The largest absolute Gasteiger partial charge is 0.330 e. The van der Waals surface area contributed by atoms with Gasteiger partial charge in [0.25, 0.3) is 0 Å². The third-order valence-electron chi connectivity index (χ3n) is 3.06. The average Bonchev–Trinajstić information content (AvgIpc) is 2.90. The van der Waals surface area contributed by atoms with Crippen molar-refractivity contribution < 1.29 is 0 Å². The standard InChI is InChI=1S/C15H21N3S/c1-3-13-11-19-15(17-13)18(10-4-9-16)14-7-5-12(2)6-8-14/h5-8,11H,3-4,9-10,16H2,1-2H3. The summed E-state index contributed by atoms with van der Waals surface area (Å²) < 4.78 is 0. The number of anilines is 2. The normalized spacial score (nSPS) is 10.7. The van der Waals surface area contributed by atoms with Gasteiger partial charge in [-0.15, -0.1) is 11.3 Å². The molecule has 0 radical (unpaired) electrons. The minimum absolute atomic E-state index is 0.703. The average molecular weight is 275 g/mol. The number of aryl methyl sites for hydroxylation is 2. The topological polar surface area (TPSA) is 42.1 Å². The molecule has 19 heavy (non-hydrogen) atoms. The Kier molecular flexibility index (Phi) is 4.93. The van der Waals surface area contributed by atoms with E-state index in [2.05, 4.69) is 53.4 Å². The van der Waals surface area contributed by atoms with Crippen molar-refractivity contribution in [2.75, 3.05) is 18.0 Å². The van der Waals surface area contributed by atoms with E-state index in [0.717, 1.165) is 30.2 Å². The highest BCUT2D eigenvalue weighted by Gasteiger charge is 2.12. The summed E-state index contributed by atoms with van der Waals surface area (Å²) in [5.74, 6) is 0. The van der Waals surface area contributed by atoms with Crippen LogP contribution >= 0.6 is 11.3 Å². The Morgan fingerprint density at radius 3 is 2.58 bits per heavy atom. The molecule has 0 unspecified atom stereocenters. The van der Waals surface area contributed by atoms with Crippen LogP contribution in [0.15, 0.2) is 29.6 Å². The summed E-state index contributed by atoms with van der Waals surface area (Å²) in [7, 11) is 0. The van der Waals surface area contributed by atoms with E-state index in [4.69, 9.17) is 5.73 Å². The Morgan fingerprint density at radius 2 is 2.00 bits per heavy atom. The first-order valence-electron chi connectivity index (χ1n) is 6.73. The third kappa shape index (κ3) is 3.55. The maximum Gasteiger partial charge on any atom is 0.190 e. The molecule has 0 aliphatic rings. The number of benzene rings is 1. The van der Waals surface area contributed by atoms with Gasteiger partial charge in [-0.25, -0.2) is 4.98 Å².